The Hall–Kier alpha value is -3.64. The number of rotatable bonds is 6. The molecule has 0 aliphatic carbocycles. The standard InChI is InChI=1S/C23H18O6/c24-18-11-12-28-22(20(18)21(25)17-9-5-2-6-10-17)23(26,19-14-27-15-29-19)13-16-7-3-1-4-8-16/h1-12,14,26H,13,15H2. The lowest BCUT2D eigenvalue weighted by molar-refractivity contribution is -0.0205. The molecule has 0 amide bonds. The number of carbonyl (C=O) groups excluding carboxylic acids is 1. The summed E-state index contributed by atoms with van der Waals surface area (Å²) in [7, 11) is 0. The van der Waals surface area contributed by atoms with Crippen molar-refractivity contribution in [2.24, 2.45) is 0 Å². The van der Waals surface area contributed by atoms with Gasteiger partial charge in [-0.05, 0) is 5.56 Å². The predicted octanol–water partition coefficient (Wildman–Crippen LogP) is 3.15. The molecule has 0 spiro atoms. The van der Waals surface area contributed by atoms with Crippen LogP contribution in [0.4, 0.5) is 0 Å². The van der Waals surface area contributed by atoms with Gasteiger partial charge in [-0.1, -0.05) is 60.7 Å². The lowest BCUT2D eigenvalue weighted by Gasteiger charge is -2.28. The highest BCUT2D eigenvalue weighted by Crippen LogP contribution is 2.37. The zero-order valence-corrected chi connectivity index (χ0v) is 15.4. The fourth-order valence-corrected chi connectivity index (χ4v) is 3.30. The molecule has 6 heteroatoms. The summed E-state index contributed by atoms with van der Waals surface area (Å²) >= 11 is 0. The number of carbonyl (C=O) groups is 1. The lowest BCUT2D eigenvalue weighted by atomic mass is 9.85. The van der Waals surface area contributed by atoms with Gasteiger partial charge in [-0.2, -0.15) is 0 Å². The molecule has 0 fully saturated rings. The summed E-state index contributed by atoms with van der Waals surface area (Å²) in [6.07, 6.45) is 2.45. The van der Waals surface area contributed by atoms with Gasteiger partial charge >= 0.3 is 0 Å². The van der Waals surface area contributed by atoms with Crippen molar-refractivity contribution in [2.75, 3.05) is 6.79 Å². The Morgan fingerprint density at radius 1 is 1.00 bits per heavy atom. The molecule has 1 aromatic heterocycles. The lowest BCUT2D eigenvalue weighted by Crippen LogP contribution is -2.36. The molecule has 4 rings (SSSR count). The first-order valence-corrected chi connectivity index (χ1v) is 9.03. The van der Waals surface area contributed by atoms with Gasteiger partial charge in [-0.3, -0.25) is 9.59 Å². The summed E-state index contributed by atoms with van der Waals surface area (Å²) in [4.78, 5) is 25.8. The average Bonchev–Trinajstić information content (AvgIpc) is 3.30. The van der Waals surface area contributed by atoms with E-state index in [-0.39, 0.29) is 30.3 Å². The molecule has 1 aliphatic heterocycles. The van der Waals surface area contributed by atoms with Crippen LogP contribution in [0.2, 0.25) is 0 Å². The van der Waals surface area contributed by atoms with Crippen LogP contribution >= 0.6 is 0 Å². The predicted molar refractivity (Wildman–Crippen MR) is 104 cm³/mol. The van der Waals surface area contributed by atoms with Crippen LogP contribution in [0.15, 0.2) is 94.2 Å². The van der Waals surface area contributed by atoms with Crippen LogP contribution in [0.25, 0.3) is 0 Å². The fourth-order valence-electron chi connectivity index (χ4n) is 3.30. The van der Waals surface area contributed by atoms with Crippen LogP contribution in [-0.4, -0.2) is 17.7 Å². The number of ketones is 1. The van der Waals surface area contributed by atoms with Gasteiger partial charge in [0.05, 0.1) is 6.26 Å². The van der Waals surface area contributed by atoms with E-state index in [1.54, 1.807) is 30.3 Å². The Kier molecular flexibility index (Phi) is 5.01. The van der Waals surface area contributed by atoms with Gasteiger partial charge in [-0.15, -0.1) is 0 Å². The van der Waals surface area contributed by atoms with Crippen molar-refractivity contribution in [1.29, 1.82) is 0 Å². The number of hydrogen-bond donors (Lipinski definition) is 1. The van der Waals surface area contributed by atoms with Crippen molar-refractivity contribution >= 4 is 5.78 Å². The maximum atomic E-state index is 13.1. The molecule has 0 saturated heterocycles. The monoisotopic (exact) mass is 390 g/mol. The van der Waals surface area contributed by atoms with Crippen molar-refractivity contribution in [2.45, 2.75) is 12.0 Å². The minimum atomic E-state index is -1.90. The molecule has 1 aliphatic rings. The Bertz CT molecular complexity index is 1100. The van der Waals surface area contributed by atoms with E-state index in [1.165, 1.54) is 6.26 Å². The molecule has 6 nitrogen and oxygen atoms in total. The van der Waals surface area contributed by atoms with E-state index in [4.69, 9.17) is 13.9 Å². The first kappa shape index (κ1) is 18.7. The van der Waals surface area contributed by atoms with E-state index < -0.39 is 16.8 Å². The van der Waals surface area contributed by atoms with Crippen molar-refractivity contribution < 1.29 is 23.8 Å². The highest BCUT2D eigenvalue weighted by molar-refractivity contribution is 6.09. The summed E-state index contributed by atoms with van der Waals surface area (Å²) in [5, 5.41) is 11.7. The Morgan fingerprint density at radius 2 is 1.69 bits per heavy atom. The highest BCUT2D eigenvalue weighted by atomic mass is 16.7. The highest BCUT2D eigenvalue weighted by Gasteiger charge is 2.44. The molecule has 1 N–H and O–H groups in total. The summed E-state index contributed by atoms with van der Waals surface area (Å²) in [5.74, 6) is -0.654. The molecule has 2 heterocycles. The largest absolute Gasteiger partial charge is 0.465 e. The van der Waals surface area contributed by atoms with Crippen LogP contribution in [0.1, 0.15) is 27.2 Å². The third-order valence-corrected chi connectivity index (χ3v) is 4.70. The van der Waals surface area contributed by atoms with Crippen molar-refractivity contribution in [3.8, 4) is 0 Å². The maximum absolute atomic E-state index is 13.1. The first-order valence-electron chi connectivity index (χ1n) is 9.03. The Balaban J connectivity index is 1.89. The quantitative estimate of drug-likeness (QED) is 0.651. The molecular weight excluding hydrogens is 372 g/mol. The zero-order chi connectivity index (χ0) is 20.3. The summed E-state index contributed by atoms with van der Waals surface area (Å²) in [6.45, 7) is -0.0779. The maximum Gasteiger partial charge on any atom is 0.230 e. The topological polar surface area (TPSA) is 86.0 Å². The molecule has 0 bridgehead atoms. The third kappa shape index (κ3) is 3.58. The molecule has 3 aromatic rings. The molecule has 1 unspecified atom stereocenters. The van der Waals surface area contributed by atoms with Gasteiger partial charge in [0.2, 0.25) is 12.6 Å². The number of ether oxygens (including phenoxy) is 2. The summed E-state index contributed by atoms with van der Waals surface area (Å²) in [6, 6.07) is 18.7. The van der Waals surface area contributed by atoms with Gasteiger partial charge in [0.25, 0.3) is 0 Å². The number of aliphatic hydroxyl groups is 1. The second-order valence-corrected chi connectivity index (χ2v) is 6.62. The van der Waals surface area contributed by atoms with Crippen molar-refractivity contribution in [3.63, 3.8) is 0 Å². The number of hydrogen-bond acceptors (Lipinski definition) is 6. The minimum absolute atomic E-state index is 0.0189. The van der Waals surface area contributed by atoms with Gasteiger partial charge in [-0.25, -0.2) is 0 Å². The van der Waals surface area contributed by atoms with Gasteiger partial charge in [0.15, 0.2) is 22.5 Å². The third-order valence-electron chi connectivity index (χ3n) is 4.70. The normalized spacial score (nSPS) is 15.0. The van der Waals surface area contributed by atoms with Gasteiger partial charge in [0, 0.05) is 18.1 Å². The molecule has 146 valence electrons. The van der Waals surface area contributed by atoms with Crippen molar-refractivity contribution in [1.82, 2.24) is 0 Å². The molecule has 0 radical (unpaired) electrons. The SMILES string of the molecule is O=C(c1ccccc1)c1c(C(O)(Cc2ccccc2)C2=COCO2)occc1=O. The zero-order valence-electron chi connectivity index (χ0n) is 15.4. The smallest absolute Gasteiger partial charge is 0.230 e. The molecular formula is C23H18O6. The van der Waals surface area contributed by atoms with Crippen LogP contribution in [0, 0.1) is 0 Å². The van der Waals surface area contributed by atoms with Crippen LogP contribution in [0.5, 0.6) is 0 Å². The van der Waals surface area contributed by atoms with E-state index in [0.29, 0.717) is 5.56 Å². The Labute approximate surface area is 166 Å². The van der Waals surface area contributed by atoms with E-state index >= 15 is 0 Å². The molecule has 0 saturated carbocycles. The van der Waals surface area contributed by atoms with Crippen molar-refractivity contribution in [3.05, 3.63) is 118 Å². The van der Waals surface area contributed by atoms with E-state index in [2.05, 4.69) is 0 Å². The Morgan fingerprint density at radius 3 is 2.34 bits per heavy atom. The molecule has 1 atom stereocenters. The van der Waals surface area contributed by atoms with E-state index in [0.717, 1.165) is 17.9 Å². The minimum Gasteiger partial charge on any atom is -0.465 e. The van der Waals surface area contributed by atoms with Gasteiger partial charge in [0.1, 0.15) is 11.8 Å². The van der Waals surface area contributed by atoms with Crippen LogP contribution in [0.3, 0.4) is 0 Å². The fraction of sp³-hybridized carbons (Fsp3) is 0.130. The molecule has 2 aromatic carbocycles. The van der Waals surface area contributed by atoms with E-state index in [9.17, 15) is 14.7 Å². The van der Waals surface area contributed by atoms with E-state index in [1.807, 2.05) is 30.3 Å². The van der Waals surface area contributed by atoms with Crippen LogP contribution < -0.4 is 5.43 Å². The average molecular weight is 390 g/mol. The summed E-state index contributed by atoms with van der Waals surface area (Å²) < 4.78 is 16.2. The summed E-state index contributed by atoms with van der Waals surface area (Å²) in [5.41, 5.74) is -1.62. The molecule has 29 heavy (non-hydrogen) atoms. The second kappa shape index (κ2) is 7.77. The number of benzene rings is 2. The second-order valence-electron chi connectivity index (χ2n) is 6.62. The van der Waals surface area contributed by atoms with Gasteiger partial charge < -0.3 is 19.0 Å². The first-order chi connectivity index (χ1) is 14.1. The van der Waals surface area contributed by atoms with Crippen LogP contribution in [-0.2, 0) is 21.5 Å².